The number of phenols is 1. The van der Waals surface area contributed by atoms with Crippen molar-refractivity contribution < 1.29 is 14.6 Å². The van der Waals surface area contributed by atoms with E-state index in [9.17, 15) is 5.11 Å². The second-order valence-corrected chi connectivity index (χ2v) is 8.15. The summed E-state index contributed by atoms with van der Waals surface area (Å²) in [4.78, 5) is 2.07. The van der Waals surface area contributed by atoms with Crippen LogP contribution >= 0.6 is 0 Å². The monoisotopic (exact) mass is 395 g/mol. The van der Waals surface area contributed by atoms with Crippen molar-refractivity contribution in [3.05, 3.63) is 95.1 Å². The highest BCUT2D eigenvalue weighted by molar-refractivity contribution is 5.92. The van der Waals surface area contributed by atoms with Crippen molar-refractivity contribution in [3.8, 4) is 17.2 Å². The molecule has 4 aromatic rings. The summed E-state index contributed by atoms with van der Waals surface area (Å²) in [6, 6.07) is 24.2. The summed E-state index contributed by atoms with van der Waals surface area (Å²) < 4.78 is 13.2. The zero-order valence-corrected chi connectivity index (χ0v) is 16.8. The van der Waals surface area contributed by atoms with Crippen molar-refractivity contribution in [2.45, 2.75) is 12.2 Å². The minimum atomic E-state index is -0.712. The van der Waals surface area contributed by atoms with Crippen LogP contribution in [0, 0.1) is 0 Å². The molecule has 0 fully saturated rings. The molecule has 1 unspecified atom stereocenters. The molecule has 1 N–H and O–H groups in total. The lowest BCUT2D eigenvalue weighted by atomic mass is 9.77. The Labute approximate surface area is 174 Å². The lowest BCUT2D eigenvalue weighted by Gasteiger charge is -2.38. The van der Waals surface area contributed by atoms with Gasteiger partial charge in [0, 0.05) is 42.4 Å². The highest BCUT2D eigenvalue weighted by Gasteiger charge is 2.49. The van der Waals surface area contributed by atoms with Gasteiger partial charge >= 0.3 is 0 Å². The van der Waals surface area contributed by atoms with Crippen LogP contribution < -0.4 is 9.64 Å². The molecular weight excluding hydrogens is 374 g/mol. The van der Waals surface area contributed by atoms with Crippen molar-refractivity contribution >= 4 is 16.5 Å². The first-order chi connectivity index (χ1) is 14.6. The van der Waals surface area contributed by atoms with Gasteiger partial charge in [-0.15, -0.1) is 0 Å². The maximum atomic E-state index is 9.95. The zero-order chi connectivity index (χ0) is 20.5. The second kappa shape index (κ2) is 6.00. The molecule has 4 aromatic carbocycles. The molecule has 4 heteroatoms. The quantitative estimate of drug-likeness (QED) is 0.460. The van der Waals surface area contributed by atoms with E-state index in [4.69, 9.17) is 9.47 Å². The van der Waals surface area contributed by atoms with E-state index in [0.29, 0.717) is 6.61 Å². The minimum absolute atomic E-state index is 0.241. The first-order valence-electron chi connectivity index (χ1n) is 10.1. The normalized spacial score (nSPS) is 18.6. The average Bonchev–Trinajstić information content (AvgIpc) is 3.13. The third-order valence-electron chi connectivity index (χ3n) is 6.25. The molecule has 0 aromatic heterocycles. The summed E-state index contributed by atoms with van der Waals surface area (Å²) >= 11 is 0. The van der Waals surface area contributed by atoms with Crippen LogP contribution in [-0.4, -0.2) is 19.2 Å². The highest BCUT2D eigenvalue weighted by atomic mass is 16.5. The predicted octanol–water partition coefficient (Wildman–Crippen LogP) is 5.54. The summed E-state index contributed by atoms with van der Waals surface area (Å²) in [5.74, 6) is 1.82. The van der Waals surface area contributed by atoms with E-state index >= 15 is 0 Å². The van der Waals surface area contributed by atoms with Crippen LogP contribution in [0.1, 0.15) is 22.3 Å². The molecule has 4 nitrogen and oxygen atoms in total. The Hall–Kier alpha value is -3.50. The topological polar surface area (TPSA) is 41.9 Å². The first kappa shape index (κ1) is 17.4. The molecule has 1 spiro atoms. The number of nitrogens with zero attached hydrogens (tertiary/aromatic N) is 1. The molecule has 2 heterocycles. The maximum Gasteiger partial charge on any atom is 0.151 e. The van der Waals surface area contributed by atoms with Crippen LogP contribution in [0.2, 0.25) is 0 Å². The molecule has 2 aliphatic rings. The molecule has 2 aliphatic heterocycles. The van der Waals surface area contributed by atoms with Crippen LogP contribution in [-0.2, 0) is 16.9 Å². The van der Waals surface area contributed by atoms with Gasteiger partial charge in [0.05, 0.1) is 6.61 Å². The smallest absolute Gasteiger partial charge is 0.151 e. The first-order valence-corrected chi connectivity index (χ1v) is 10.1. The summed E-state index contributed by atoms with van der Waals surface area (Å²) in [6.07, 6.45) is 0. The number of hydrogen-bond donors (Lipinski definition) is 1. The van der Waals surface area contributed by atoms with Crippen molar-refractivity contribution in [2.75, 3.05) is 19.0 Å². The van der Waals surface area contributed by atoms with E-state index < -0.39 is 5.60 Å². The number of ether oxygens (including phenoxy) is 2. The molecule has 6 rings (SSSR count). The lowest BCUT2D eigenvalue weighted by molar-refractivity contribution is 0.0202. The average molecular weight is 395 g/mol. The molecule has 0 saturated carbocycles. The molecule has 0 radical (unpaired) electrons. The highest BCUT2D eigenvalue weighted by Crippen LogP contribution is 2.57. The number of phenolic OH excluding ortho intramolecular Hbond substituents is 1. The largest absolute Gasteiger partial charge is 0.508 e. The fourth-order valence-electron chi connectivity index (χ4n) is 4.79. The standard InChI is InChI=1S/C26H21NO3/c1-27(2)18-8-12-22-24(14-18)30-25-20-10-9-19(28)13-16(20)7-11-23(25)26(22)21-6-4-3-5-17(21)15-29-26/h3-14,28H,15H2,1-2H3. The number of anilines is 1. The van der Waals surface area contributed by atoms with Crippen LogP contribution in [0.3, 0.4) is 0 Å². The number of fused-ring (bicyclic) bond motifs is 8. The van der Waals surface area contributed by atoms with Crippen molar-refractivity contribution in [1.82, 2.24) is 0 Å². The summed E-state index contributed by atoms with van der Waals surface area (Å²) in [6.45, 7) is 0.554. The van der Waals surface area contributed by atoms with Crippen LogP contribution in [0.25, 0.3) is 10.8 Å². The van der Waals surface area contributed by atoms with Gasteiger partial charge in [0.25, 0.3) is 0 Å². The number of aromatic hydroxyl groups is 1. The van der Waals surface area contributed by atoms with Gasteiger partial charge in [0.2, 0.25) is 0 Å². The van der Waals surface area contributed by atoms with Gasteiger partial charge < -0.3 is 19.5 Å². The van der Waals surface area contributed by atoms with E-state index in [0.717, 1.165) is 44.6 Å². The Morgan fingerprint density at radius 1 is 0.867 bits per heavy atom. The molecule has 30 heavy (non-hydrogen) atoms. The fourth-order valence-corrected chi connectivity index (χ4v) is 4.79. The Morgan fingerprint density at radius 3 is 2.57 bits per heavy atom. The molecule has 1 atom stereocenters. The van der Waals surface area contributed by atoms with Crippen molar-refractivity contribution in [1.29, 1.82) is 0 Å². The molecule has 0 bridgehead atoms. The van der Waals surface area contributed by atoms with E-state index in [1.165, 1.54) is 5.56 Å². The van der Waals surface area contributed by atoms with Gasteiger partial charge in [0.1, 0.15) is 17.2 Å². The van der Waals surface area contributed by atoms with Crippen molar-refractivity contribution in [2.24, 2.45) is 0 Å². The van der Waals surface area contributed by atoms with Gasteiger partial charge in [-0.1, -0.05) is 36.4 Å². The van der Waals surface area contributed by atoms with E-state index in [1.807, 2.05) is 26.2 Å². The maximum absolute atomic E-state index is 9.95. The molecule has 0 amide bonds. The fraction of sp³-hybridized carbons (Fsp3) is 0.154. The Morgan fingerprint density at radius 2 is 1.70 bits per heavy atom. The lowest BCUT2D eigenvalue weighted by Crippen LogP contribution is -2.32. The Kier molecular flexibility index (Phi) is 3.47. The van der Waals surface area contributed by atoms with Crippen LogP contribution in [0.4, 0.5) is 5.69 Å². The summed E-state index contributed by atoms with van der Waals surface area (Å²) in [7, 11) is 4.04. The van der Waals surface area contributed by atoms with E-state index in [1.54, 1.807) is 12.1 Å². The Balaban J connectivity index is 1.71. The summed E-state index contributed by atoms with van der Waals surface area (Å²) in [5, 5.41) is 11.8. The molecule has 148 valence electrons. The Bertz CT molecular complexity index is 1330. The summed E-state index contributed by atoms with van der Waals surface area (Å²) in [5.41, 5.74) is 4.72. The van der Waals surface area contributed by atoms with Gasteiger partial charge in [-0.3, -0.25) is 0 Å². The van der Waals surface area contributed by atoms with E-state index in [-0.39, 0.29) is 5.75 Å². The van der Waals surface area contributed by atoms with Crippen LogP contribution in [0.15, 0.2) is 72.8 Å². The number of rotatable bonds is 1. The predicted molar refractivity (Wildman–Crippen MR) is 118 cm³/mol. The minimum Gasteiger partial charge on any atom is -0.508 e. The SMILES string of the molecule is CN(C)c1ccc2c(c1)Oc1c(ccc3cc(O)ccc13)C21OCc2ccccc21. The number of hydrogen-bond acceptors (Lipinski definition) is 4. The van der Waals surface area contributed by atoms with Gasteiger partial charge in [-0.05, 0) is 46.8 Å². The zero-order valence-electron chi connectivity index (χ0n) is 16.8. The van der Waals surface area contributed by atoms with Crippen LogP contribution in [0.5, 0.6) is 17.2 Å². The molecule has 0 aliphatic carbocycles. The van der Waals surface area contributed by atoms with Gasteiger partial charge in [-0.2, -0.15) is 0 Å². The van der Waals surface area contributed by atoms with E-state index in [2.05, 4.69) is 53.4 Å². The third-order valence-corrected chi connectivity index (χ3v) is 6.25. The van der Waals surface area contributed by atoms with Crippen molar-refractivity contribution in [3.63, 3.8) is 0 Å². The third kappa shape index (κ3) is 2.20. The van der Waals surface area contributed by atoms with Gasteiger partial charge in [0.15, 0.2) is 5.60 Å². The number of benzene rings is 4. The molecule has 0 saturated heterocycles. The van der Waals surface area contributed by atoms with Gasteiger partial charge in [-0.25, -0.2) is 0 Å². The molecular formula is C26H21NO3. The second-order valence-electron chi connectivity index (χ2n) is 8.15.